The van der Waals surface area contributed by atoms with Crippen LogP contribution in [-0.4, -0.2) is 60.1 Å². The number of carbonyl (C=O) groups is 3. The number of amides is 3. The molecule has 2 rings (SSSR count). The van der Waals surface area contributed by atoms with E-state index in [0.29, 0.717) is 31.7 Å². The van der Waals surface area contributed by atoms with E-state index in [-0.39, 0.29) is 42.1 Å². The van der Waals surface area contributed by atoms with Crippen LogP contribution < -0.4 is 16.4 Å². The molecule has 0 saturated heterocycles. The van der Waals surface area contributed by atoms with Gasteiger partial charge in [0.25, 0.3) is 0 Å². The minimum absolute atomic E-state index is 0. The van der Waals surface area contributed by atoms with Crippen molar-refractivity contribution in [3.8, 4) is 0 Å². The van der Waals surface area contributed by atoms with Crippen LogP contribution in [0.15, 0.2) is 30.3 Å². The summed E-state index contributed by atoms with van der Waals surface area (Å²) in [6.45, 7) is 0.545. The number of benzene rings is 1. The number of nitrogens with one attached hydrogen (secondary N) is 2. The molecule has 1 aliphatic rings. The number of rotatable bonds is 10. The van der Waals surface area contributed by atoms with Crippen molar-refractivity contribution in [3.05, 3.63) is 35.9 Å². The molecule has 8 heteroatoms. The number of alkyl carbamates (subject to hydrolysis) is 1. The van der Waals surface area contributed by atoms with Crippen molar-refractivity contribution in [2.75, 3.05) is 6.54 Å². The van der Waals surface area contributed by atoms with Crippen LogP contribution in [0.1, 0.15) is 37.7 Å². The molecule has 0 spiro atoms. The summed E-state index contributed by atoms with van der Waals surface area (Å²) in [6, 6.07) is 8.68. The van der Waals surface area contributed by atoms with Gasteiger partial charge in [0.05, 0.1) is 0 Å². The molecule has 1 aliphatic carbocycles. The van der Waals surface area contributed by atoms with Gasteiger partial charge in [0, 0.05) is 13.0 Å². The zero-order chi connectivity index (χ0) is 18.1. The predicted molar refractivity (Wildman–Crippen MR) is 99.5 cm³/mol. The Hall–Kier alpha value is -1.57. The summed E-state index contributed by atoms with van der Waals surface area (Å²) in [5.41, 5.74) is 6.23. The number of hydrogen-bond donors (Lipinski definition) is 3. The Labute approximate surface area is 175 Å². The molecule has 26 heavy (non-hydrogen) atoms. The van der Waals surface area contributed by atoms with E-state index in [1.165, 1.54) is 0 Å². The van der Waals surface area contributed by atoms with E-state index in [4.69, 9.17) is 10.5 Å². The molecule has 1 unspecified atom stereocenters. The summed E-state index contributed by atoms with van der Waals surface area (Å²) in [6.07, 6.45) is 2.97. The molecule has 1 fully saturated rings. The molecule has 0 aromatic heterocycles. The van der Waals surface area contributed by atoms with Crippen molar-refractivity contribution < 1.29 is 19.1 Å². The fourth-order valence-electron chi connectivity index (χ4n) is 2.39. The fraction of sp³-hybridized carbons (Fsp3) is 0.500. The third kappa shape index (κ3) is 9.22. The average Bonchev–Trinajstić information content (AvgIpc) is 3.40. The number of hydrogen-bond acceptors (Lipinski definition) is 4. The Morgan fingerprint density at radius 2 is 1.88 bits per heavy atom. The van der Waals surface area contributed by atoms with Gasteiger partial charge in [-0.25, -0.2) is 4.79 Å². The van der Waals surface area contributed by atoms with E-state index in [2.05, 4.69) is 10.6 Å². The van der Waals surface area contributed by atoms with Gasteiger partial charge in [-0.15, -0.1) is 0 Å². The van der Waals surface area contributed by atoms with E-state index in [1.807, 2.05) is 30.3 Å². The molecule has 3 amide bonds. The summed E-state index contributed by atoms with van der Waals surface area (Å²) >= 11 is 0. The van der Waals surface area contributed by atoms with E-state index in [9.17, 15) is 14.4 Å². The zero-order valence-electron chi connectivity index (χ0n) is 14.2. The normalized spacial score (nSPS) is 13.8. The molecular weight excluding hydrogens is 345 g/mol. The molecule has 138 valence electrons. The number of nitrogens with two attached hydrogens (primary N) is 1. The summed E-state index contributed by atoms with van der Waals surface area (Å²) < 4.78 is 5.09. The topological polar surface area (TPSA) is 111 Å². The van der Waals surface area contributed by atoms with Crippen LogP contribution in [0.2, 0.25) is 0 Å². The molecule has 7 nitrogen and oxygen atoms in total. The maximum atomic E-state index is 11.8. The predicted octanol–water partition coefficient (Wildman–Crippen LogP) is 0.815. The van der Waals surface area contributed by atoms with Crippen molar-refractivity contribution in [1.82, 2.24) is 10.6 Å². The monoisotopic (exact) mass is 371 g/mol. The molecule has 0 radical (unpaired) electrons. The van der Waals surface area contributed by atoms with Gasteiger partial charge in [0.15, 0.2) is 0 Å². The number of ether oxygens (including phenoxy) is 1. The first-order valence-corrected chi connectivity index (χ1v) is 8.58. The van der Waals surface area contributed by atoms with Gasteiger partial charge in [-0.1, -0.05) is 30.3 Å². The minimum atomic E-state index is -0.701. The molecular formula is C18H26N3NaO4. The Bertz CT molecular complexity index is 593. The zero-order valence-corrected chi connectivity index (χ0v) is 14.2. The first kappa shape index (κ1) is 22.5. The van der Waals surface area contributed by atoms with Crippen LogP contribution >= 0.6 is 0 Å². The fourth-order valence-corrected chi connectivity index (χ4v) is 2.39. The van der Waals surface area contributed by atoms with E-state index >= 15 is 0 Å². The van der Waals surface area contributed by atoms with Gasteiger partial charge < -0.3 is 21.1 Å². The van der Waals surface area contributed by atoms with Crippen molar-refractivity contribution >= 4 is 47.5 Å². The van der Waals surface area contributed by atoms with Crippen LogP contribution in [0.5, 0.6) is 0 Å². The Balaban J connectivity index is 0.00000338. The molecule has 0 heterocycles. The van der Waals surface area contributed by atoms with Gasteiger partial charge in [0.1, 0.15) is 12.6 Å². The first-order chi connectivity index (χ1) is 12.0. The molecule has 0 aliphatic heterocycles. The van der Waals surface area contributed by atoms with Crippen molar-refractivity contribution in [2.24, 2.45) is 11.7 Å². The van der Waals surface area contributed by atoms with Gasteiger partial charge in [0.2, 0.25) is 11.8 Å². The van der Waals surface area contributed by atoms with Gasteiger partial charge in [-0.2, -0.15) is 0 Å². The second-order valence-corrected chi connectivity index (χ2v) is 6.30. The Morgan fingerprint density at radius 1 is 1.19 bits per heavy atom. The molecule has 0 bridgehead atoms. The summed E-state index contributed by atoms with van der Waals surface area (Å²) in [4.78, 5) is 34.8. The molecule has 1 aromatic carbocycles. The van der Waals surface area contributed by atoms with E-state index in [0.717, 1.165) is 18.4 Å². The number of carbonyl (C=O) groups excluding carboxylic acids is 3. The van der Waals surface area contributed by atoms with E-state index in [1.54, 1.807) is 0 Å². The summed E-state index contributed by atoms with van der Waals surface area (Å²) in [5.74, 6) is -0.244. The van der Waals surface area contributed by atoms with Crippen LogP contribution in [0.25, 0.3) is 0 Å². The standard InChI is InChI=1S/C18H25N3O4.Na.H/c19-17(23)15(21-16(22)11-13-8-9-13)7-4-10-20-18(24)25-12-14-5-2-1-3-6-14;;/h1-3,5-6,13,15H,4,7-12H2,(H2,19,23)(H,20,24)(H,21,22);;. The Morgan fingerprint density at radius 3 is 2.50 bits per heavy atom. The summed E-state index contributed by atoms with van der Waals surface area (Å²) in [5, 5.41) is 5.28. The van der Waals surface area contributed by atoms with Gasteiger partial charge in [-0.05, 0) is 37.2 Å². The first-order valence-electron chi connectivity index (χ1n) is 8.58. The quantitative estimate of drug-likeness (QED) is 0.418. The van der Waals surface area contributed by atoms with Crippen LogP contribution in [0, 0.1) is 5.92 Å². The van der Waals surface area contributed by atoms with Crippen LogP contribution in [0.4, 0.5) is 4.79 Å². The molecule has 1 atom stereocenters. The SMILES string of the molecule is NC(=O)C(CCCNC(=O)OCc1ccccc1)NC(=O)CC1CC1.[NaH]. The molecule has 1 saturated carbocycles. The van der Waals surface area contributed by atoms with Gasteiger partial charge >= 0.3 is 35.7 Å². The van der Waals surface area contributed by atoms with Gasteiger partial charge in [-0.3, -0.25) is 9.59 Å². The maximum absolute atomic E-state index is 11.8. The average molecular weight is 371 g/mol. The van der Waals surface area contributed by atoms with Crippen LogP contribution in [-0.2, 0) is 20.9 Å². The van der Waals surface area contributed by atoms with Crippen molar-refractivity contribution in [1.29, 1.82) is 0 Å². The van der Waals surface area contributed by atoms with E-state index < -0.39 is 18.0 Å². The summed E-state index contributed by atoms with van der Waals surface area (Å²) in [7, 11) is 0. The van der Waals surface area contributed by atoms with Crippen molar-refractivity contribution in [3.63, 3.8) is 0 Å². The third-order valence-corrected chi connectivity index (χ3v) is 4.00. The number of primary amides is 1. The van der Waals surface area contributed by atoms with Crippen molar-refractivity contribution in [2.45, 2.75) is 44.8 Å². The second kappa shape index (κ2) is 11.9. The molecule has 1 aromatic rings. The van der Waals surface area contributed by atoms with Crippen LogP contribution in [0.3, 0.4) is 0 Å². The third-order valence-electron chi connectivity index (χ3n) is 4.00. The molecule has 4 N–H and O–H groups in total. The second-order valence-electron chi connectivity index (χ2n) is 6.30. The Kier molecular flexibility index (Phi) is 10.3.